The van der Waals surface area contributed by atoms with Gasteiger partial charge in [0.15, 0.2) is 0 Å². The third-order valence-corrected chi connectivity index (χ3v) is 4.74. The predicted molar refractivity (Wildman–Crippen MR) is 110 cm³/mol. The van der Waals surface area contributed by atoms with Crippen LogP contribution in [0.5, 0.6) is 0 Å². The quantitative estimate of drug-likeness (QED) is 0.295. The van der Waals surface area contributed by atoms with Crippen LogP contribution in [0.15, 0.2) is 91.0 Å². The van der Waals surface area contributed by atoms with E-state index in [1.807, 2.05) is 12.2 Å². The second-order valence-electron chi connectivity index (χ2n) is 6.39. The van der Waals surface area contributed by atoms with Gasteiger partial charge in [0, 0.05) is 0 Å². The van der Waals surface area contributed by atoms with E-state index in [0.29, 0.717) is 0 Å². The van der Waals surface area contributed by atoms with E-state index in [9.17, 15) is 0 Å². The molecular weight excluding hydrogens is 474 g/mol. The topological polar surface area (TPSA) is 0 Å². The van der Waals surface area contributed by atoms with E-state index in [2.05, 4.69) is 97.9 Å². The van der Waals surface area contributed by atoms with Crippen molar-refractivity contribution < 1.29 is 51.0 Å². The van der Waals surface area contributed by atoms with Crippen LogP contribution in [-0.2, 0) is 26.2 Å². The molecule has 0 saturated carbocycles. The fourth-order valence-corrected chi connectivity index (χ4v) is 3.37. The molecule has 0 bridgehead atoms. The minimum atomic E-state index is 0. The Bertz CT molecular complexity index is 1100. The van der Waals surface area contributed by atoms with Crippen LogP contribution >= 0.6 is 0 Å². The summed E-state index contributed by atoms with van der Waals surface area (Å²) in [5.74, 6) is 0. The van der Waals surface area contributed by atoms with Gasteiger partial charge < -0.3 is 24.8 Å². The van der Waals surface area contributed by atoms with Crippen LogP contribution in [-0.4, -0.2) is 0 Å². The smallest absolute Gasteiger partial charge is 1.00 e. The average molecular weight is 495 g/mol. The summed E-state index contributed by atoms with van der Waals surface area (Å²) in [6.45, 7) is 2.19. The molecule has 0 heterocycles. The van der Waals surface area contributed by atoms with E-state index in [-0.39, 0.29) is 51.0 Å². The van der Waals surface area contributed by atoms with E-state index in [1.165, 1.54) is 38.3 Å². The summed E-state index contributed by atoms with van der Waals surface area (Å²) in [6.07, 6.45) is 13.6. The Labute approximate surface area is 204 Å². The molecule has 0 unspecified atom stereocenters. The van der Waals surface area contributed by atoms with Gasteiger partial charge in [0.1, 0.15) is 0 Å². The number of hydrogen-bond acceptors (Lipinski definition) is 0. The number of benzene rings is 3. The summed E-state index contributed by atoms with van der Waals surface area (Å²) in [5.41, 5.74) is 6.34. The van der Waals surface area contributed by atoms with Gasteiger partial charge in [-0.2, -0.15) is 6.08 Å². The van der Waals surface area contributed by atoms with Gasteiger partial charge in [-0.15, -0.1) is 40.5 Å². The van der Waals surface area contributed by atoms with Crippen molar-refractivity contribution in [3.8, 4) is 11.1 Å². The Morgan fingerprint density at radius 1 is 0.793 bits per heavy atom. The summed E-state index contributed by atoms with van der Waals surface area (Å²) in [5, 5.41) is 2.50. The van der Waals surface area contributed by atoms with Gasteiger partial charge in [0.05, 0.1) is 0 Å². The van der Waals surface area contributed by atoms with Gasteiger partial charge in [0.25, 0.3) is 0 Å². The molecule has 3 heteroatoms. The monoisotopic (exact) mass is 492 g/mol. The van der Waals surface area contributed by atoms with Crippen molar-refractivity contribution in [2.45, 2.75) is 13.3 Å². The first-order valence-electron chi connectivity index (χ1n) is 8.95. The molecule has 3 aromatic rings. The van der Waals surface area contributed by atoms with Crippen molar-refractivity contribution in [1.82, 2.24) is 0 Å². The molecule has 0 N–H and O–H groups in total. The molecule has 2 aliphatic carbocycles. The second-order valence-corrected chi connectivity index (χ2v) is 6.39. The molecule has 0 fully saturated rings. The molecule has 0 nitrogen and oxygen atoms in total. The molecule has 0 atom stereocenters. The van der Waals surface area contributed by atoms with Crippen LogP contribution in [0.25, 0.3) is 22.8 Å². The summed E-state index contributed by atoms with van der Waals surface area (Å²) in [4.78, 5) is 0. The zero-order chi connectivity index (χ0) is 17.8. The first kappa shape index (κ1) is 25.4. The third kappa shape index (κ3) is 5.70. The third-order valence-electron chi connectivity index (χ3n) is 4.74. The Kier molecular flexibility index (Phi) is 10.6. The second kappa shape index (κ2) is 12.1. The number of fused-ring (bicyclic) bond motifs is 3. The van der Waals surface area contributed by atoms with Crippen molar-refractivity contribution in [2.24, 2.45) is 0 Å². The molecule has 0 amide bonds. The van der Waals surface area contributed by atoms with Crippen molar-refractivity contribution in [3.63, 3.8) is 0 Å². The van der Waals surface area contributed by atoms with Crippen LogP contribution < -0.4 is 35.3 Å². The minimum absolute atomic E-state index is 0. The standard InChI is InChI=1S/C21H15.C5H5.2ClH.Zr/c1-15(16-8-3-2-4-9-16)18-12-7-13-20-19-11-6-5-10-17(19)14-21(18)20;1-2-4-5-3-1;;;/h2-13H,1H3;1-3H,4H2;2*1H;/q2*-1;;;+4/p-2. The largest absolute Gasteiger partial charge is 4.00 e. The van der Waals surface area contributed by atoms with Crippen LogP contribution in [0, 0.1) is 6.08 Å². The zero-order valence-electron chi connectivity index (χ0n) is 16.1. The number of hydrogen-bond donors (Lipinski definition) is 0. The Hall–Kier alpha value is -1.66. The Morgan fingerprint density at radius 3 is 2.14 bits per heavy atom. The molecule has 0 spiro atoms. The Morgan fingerprint density at radius 2 is 1.48 bits per heavy atom. The van der Waals surface area contributed by atoms with Crippen LogP contribution in [0.3, 0.4) is 0 Å². The van der Waals surface area contributed by atoms with Gasteiger partial charge in [-0.1, -0.05) is 77.5 Å². The van der Waals surface area contributed by atoms with E-state index in [0.717, 1.165) is 6.42 Å². The SMILES string of the molecule is CC(c1ccccc1)=c1cccc2c1=[C-]c1ccccc1-2.[C-]1=CC=CC1.[Cl-].[Cl-].[Zr+4]. The van der Waals surface area contributed by atoms with Crippen molar-refractivity contribution in [1.29, 1.82) is 0 Å². The van der Waals surface area contributed by atoms with E-state index >= 15 is 0 Å². The molecule has 0 aromatic heterocycles. The molecule has 0 saturated heterocycles. The van der Waals surface area contributed by atoms with Gasteiger partial charge in [0.2, 0.25) is 0 Å². The number of allylic oxidation sites excluding steroid dienone is 4. The molecule has 2 aliphatic rings. The van der Waals surface area contributed by atoms with Crippen LogP contribution in [0.1, 0.15) is 24.5 Å². The molecule has 29 heavy (non-hydrogen) atoms. The summed E-state index contributed by atoms with van der Waals surface area (Å²) in [6, 6.07) is 25.6. The van der Waals surface area contributed by atoms with Crippen LogP contribution in [0.2, 0.25) is 0 Å². The van der Waals surface area contributed by atoms with E-state index < -0.39 is 0 Å². The normalized spacial score (nSPS) is 12.6. The van der Waals surface area contributed by atoms with Gasteiger partial charge in [-0.3, -0.25) is 6.08 Å². The van der Waals surface area contributed by atoms with Crippen LogP contribution in [0.4, 0.5) is 0 Å². The number of halogens is 2. The predicted octanol–water partition coefficient (Wildman–Crippen LogP) is -1.10. The molecule has 142 valence electrons. The average Bonchev–Trinajstić information content (AvgIpc) is 3.39. The van der Waals surface area contributed by atoms with Gasteiger partial charge in [-0.05, 0) is 12.5 Å². The first-order chi connectivity index (χ1) is 12.8. The zero-order valence-corrected chi connectivity index (χ0v) is 20.1. The number of rotatable bonds is 1. The Balaban J connectivity index is 0.000000465. The minimum Gasteiger partial charge on any atom is -1.00 e. The molecule has 0 aliphatic heterocycles. The first-order valence-corrected chi connectivity index (χ1v) is 8.95. The summed E-state index contributed by atoms with van der Waals surface area (Å²) in [7, 11) is 0. The maximum absolute atomic E-state index is 3.58. The fraction of sp³-hybridized carbons (Fsp3) is 0.0769. The van der Waals surface area contributed by atoms with Crippen molar-refractivity contribution >= 4 is 11.6 Å². The fourth-order valence-electron chi connectivity index (χ4n) is 3.37. The molecule has 5 rings (SSSR count). The summed E-state index contributed by atoms with van der Waals surface area (Å²) >= 11 is 0. The summed E-state index contributed by atoms with van der Waals surface area (Å²) < 4.78 is 0. The molecular formula is C26H20Cl2Zr. The molecule has 3 aromatic carbocycles. The van der Waals surface area contributed by atoms with Crippen molar-refractivity contribution in [3.05, 3.63) is 119 Å². The maximum atomic E-state index is 3.58. The van der Waals surface area contributed by atoms with E-state index in [1.54, 1.807) is 0 Å². The van der Waals surface area contributed by atoms with Gasteiger partial charge in [-0.25, -0.2) is 12.2 Å². The van der Waals surface area contributed by atoms with Crippen molar-refractivity contribution in [2.75, 3.05) is 0 Å². The maximum Gasteiger partial charge on any atom is 4.00 e. The molecule has 0 radical (unpaired) electrons. The van der Waals surface area contributed by atoms with E-state index in [4.69, 9.17) is 0 Å². The van der Waals surface area contributed by atoms with Gasteiger partial charge >= 0.3 is 26.2 Å².